The van der Waals surface area contributed by atoms with Crippen molar-refractivity contribution in [1.82, 2.24) is 0 Å². The first kappa shape index (κ1) is 27.0. The number of carbonyl (C=O) groups excluding carboxylic acids is 1. The van der Waals surface area contributed by atoms with Crippen LogP contribution in [0.15, 0.2) is 54.6 Å². The van der Waals surface area contributed by atoms with E-state index in [9.17, 15) is 4.79 Å². The average Bonchev–Trinajstić information content (AvgIpc) is 2.85. The maximum absolute atomic E-state index is 11.7. The van der Waals surface area contributed by atoms with E-state index in [1.165, 1.54) is 0 Å². The van der Waals surface area contributed by atoms with Crippen molar-refractivity contribution in [2.45, 2.75) is 46.2 Å². The van der Waals surface area contributed by atoms with E-state index in [0.29, 0.717) is 19.8 Å². The Hall–Kier alpha value is -2.25. The van der Waals surface area contributed by atoms with Crippen LogP contribution in [0, 0.1) is 17.8 Å². The second kappa shape index (κ2) is 14.8. The van der Waals surface area contributed by atoms with Crippen LogP contribution >= 0.6 is 0 Å². The highest BCUT2D eigenvalue weighted by molar-refractivity contribution is 5.53. The number of ether oxygens (including phenoxy) is 5. The van der Waals surface area contributed by atoms with Gasteiger partial charge in [0.25, 0.3) is 0 Å². The van der Waals surface area contributed by atoms with Crippen molar-refractivity contribution in [3.05, 3.63) is 65.7 Å². The Kier molecular flexibility index (Phi) is 12.1. The summed E-state index contributed by atoms with van der Waals surface area (Å²) in [6.45, 7) is 7.66. The van der Waals surface area contributed by atoms with E-state index >= 15 is 0 Å². The third-order valence-corrected chi connectivity index (χ3v) is 5.80. The van der Waals surface area contributed by atoms with E-state index in [0.717, 1.165) is 23.2 Å². The summed E-state index contributed by atoms with van der Waals surface area (Å²) in [7, 11) is 3.24. The molecule has 0 aliphatic rings. The van der Waals surface area contributed by atoms with Crippen molar-refractivity contribution in [1.29, 1.82) is 0 Å². The normalized spacial score (nSPS) is 15.9. The monoisotopic (exact) mass is 458 g/mol. The van der Waals surface area contributed by atoms with Crippen molar-refractivity contribution in [2.75, 3.05) is 27.6 Å². The quantitative estimate of drug-likeness (QED) is 0.203. The first-order valence-corrected chi connectivity index (χ1v) is 11.4. The van der Waals surface area contributed by atoms with E-state index in [1.807, 2.05) is 61.5 Å². The Labute approximate surface area is 198 Å². The summed E-state index contributed by atoms with van der Waals surface area (Å²) in [6.07, 6.45) is 0.468. The second-order valence-electron chi connectivity index (χ2n) is 8.49. The Morgan fingerprint density at radius 3 is 2.00 bits per heavy atom. The number of methoxy groups -OCH3 is 2. The van der Waals surface area contributed by atoms with E-state index in [4.69, 9.17) is 23.7 Å². The highest BCUT2D eigenvalue weighted by atomic mass is 16.7. The largest absolute Gasteiger partial charge is 0.497 e. The predicted molar refractivity (Wildman–Crippen MR) is 128 cm³/mol. The van der Waals surface area contributed by atoms with Crippen LogP contribution in [0.5, 0.6) is 5.75 Å². The summed E-state index contributed by atoms with van der Waals surface area (Å²) in [5.41, 5.74) is 2.11. The van der Waals surface area contributed by atoms with Gasteiger partial charge in [-0.15, -0.1) is 0 Å². The first-order chi connectivity index (χ1) is 16.0. The summed E-state index contributed by atoms with van der Waals surface area (Å²) >= 11 is 0. The maximum Gasteiger partial charge on any atom is 0.146 e. The van der Waals surface area contributed by atoms with Crippen LogP contribution in [0.1, 0.15) is 31.9 Å². The Bertz CT molecular complexity index is 779. The molecule has 0 unspecified atom stereocenters. The highest BCUT2D eigenvalue weighted by Gasteiger charge is 2.34. The topological polar surface area (TPSA) is 63.2 Å². The molecular formula is C27H38O6. The molecule has 0 bridgehead atoms. The standard InChI is InChI=1S/C27H38O6/c1-20(15-28)26(32-18-24-11-13-25(30-5)14-12-24)22(3)27(21(2)16-31-19-29-4)33-17-23-9-7-6-8-10-23/h6-15,20-22,26-27H,16-19H2,1-5H3/t20-,21+,22-,26+,27-/m1/s1. The molecule has 2 aromatic rings. The van der Waals surface area contributed by atoms with Gasteiger partial charge in [0.05, 0.1) is 39.1 Å². The number of aldehydes is 1. The lowest BCUT2D eigenvalue weighted by Gasteiger charge is -2.36. The fourth-order valence-electron chi connectivity index (χ4n) is 3.97. The van der Waals surface area contributed by atoms with Crippen LogP contribution in [0.3, 0.4) is 0 Å². The molecule has 6 nitrogen and oxygen atoms in total. The molecule has 0 saturated heterocycles. The summed E-state index contributed by atoms with van der Waals surface area (Å²) in [4.78, 5) is 11.7. The third-order valence-electron chi connectivity index (χ3n) is 5.80. The predicted octanol–water partition coefficient (Wildman–Crippen LogP) is 4.89. The number of benzene rings is 2. The summed E-state index contributed by atoms with van der Waals surface area (Å²) < 4.78 is 28.6. The van der Waals surface area contributed by atoms with Crippen LogP contribution in [0.25, 0.3) is 0 Å². The van der Waals surface area contributed by atoms with Crippen LogP contribution in [-0.4, -0.2) is 46.1 Å². The molecule has 0 N–H and O–H groups in total. The van der Waals surface area contributed by atoms with Crippen LogP contribution in [0.4, 0.5) is 0 Å². The molecule has 5 atom stereocenters. The summed E-state index contributed by atoms with van der Waals surface area (Å²) in [6, 6.07) is 17.8. The molecule has 2 rings (SSSR count). The van der Waals surface area contributed by atoms with Crippen molar-refractivity contribution < 1.29 is 28.5 Å². The highest BCUT2D eigenvalue weighted by Crippen LogP contribution is 2.28. The molecule has 33 heavy (non-hydrogen) atoms. The van der Waals surface area contributed by atoms with Gasteiger partial charge < -0.3 is 28.5 Å². The van der Waals surface area contributed by atoms with Crippen molar-refractivity contribution in [3.8, 4) is 5.75 Å². The van der Waals surface area contributed by atoms with Gasteiger partial charge in [-0.3, -0.25) is 0 Å². The number of hydrogen-bond acceptors (Lipinski definition) is 6. The van der Waals surface area contributed by atoms with Crippen LogP contribution in [-0.2, 0) is 37.0 Å². The minimum atomic E-state index is -0.310. The lowest BCUT2D eigenvalue weighted by molar-refractivity contribution is -0.134. The maximum atomic E-state index is 11.7. The molecule has 0 aliphatic carbocycles. The van der Waals surface area contributed by atoms with Crippen molar-refractivity contribution >= 4 is 6.29 Å². The zero-order valence-corrected chi connectivity index (χ0v) is 20.4. The molecule has 0 heterocycles. The summed E-state index contributed by atoms with van der Waals surface area (Å²) in [5, 5.41) is 0. The average molecular weight is 459 g/mol. The molecule has 0 saturated carbocycles. The van der Waals surface area contributed by atoms with Crippen molar-refractivity contribution in [2.24, 2.45) is 17.8 Å². The van der Waals surface area contributed by atoms with Crippen LogP contribution < -0.4 is 4.74 Å². The smallest absolute Gasteiger partial charge is 0.146 e. The first-order valence-electron chi connectivity index (χ1n) is 11.4. The summed E-state index contributed by atoms with van der Waals surface area (Å²) in [5.74, 6) is 0.537. The van der Waals surface area contributed by atoms with E-state index in [2.05, 4.69) is 13.8 Å². The molecule has 182 valence electrons. The SMILES string of the molecule is COCOC[C@H](C)[C@@H](OCc1ccccc1)[C@H](C)[C@@H](OCc1ccc(OC)cc1)[C@H](C)C=O. The zero-order chi connectivity index (χ0) is 24.1. The molecule has 0 radical (unpaired) electrons. The Morgan fingerprint density at radius 2 is 1.42 bits per heavy atom. The van der Waals surface area contributed by atoms with Gasteiger partial charge in [0, 0.05) is 24.9 Å². The number of hydrogen-bond donors (Lipinski definition) is 0. The molecule has 0 aromatic heterocycles. The van der Waals surface area contributed by atoms with E-state index < -0.39 is 0 Å². The Morgan fingerprint density at radius 1 is 0.818 bits per heavy atom. The lowest BCUT2D eigenvalue weighted by atomic mass is 9.84. The number of carbonyl (C=O) groups is 1. The molecule has 0 amide bonds. The van der Waals surface area contributed by atoms with Crippen LogP contribution in [0.2, 0.25) is 0 Å². The lowest BCUT2D eigenvalue weighted by Crippen LogP contribution is -2.42. The van der Waals surface area contributed by atoms with Crippen molar-refractivity contribution in [3.63, 3.8) is 0 Å². The third kappa shape index (κ3) is 8.89. The Balaban J connectivity index is 2.14. The van der Waals surface area contributed by atoms with Gasteiger partial charge in [-0.1, -0.05) is 63.2 Å². The molecule has 0 aliphatic heterocycles. The van der Waals surface area contributed by atoms with E-state index in [1.54, 1.807) is 14.2 Å². The molecule has 2 aromatic carbocycles. The molecule has 0 spiro atoms. The van der Waals surface area contributed by atoms with Gasteiger partial charge in [0.15, 0.2) is 0 Å². The van der Waals surface area contributed by atoms with Gasteiger partial charge in [-0.2, -0.15) is 0 Å². The fourth-order valence-corrected chi connectivity index (χ4v) is 3.97. The van der Waals surface area contributed by atoms with E-state index in [-0.39, 0.29) is 36.8 Å². The van der Waals surface area contributed by atoms with Gasteiger partial charge >= 0.3 is 0 Å². The minimum absolute atomic E-state index is 0.0479. The molecule has 0 fully saturated rings. The number of rotatable bonds is 16. The van der Waals surface area contributed by atoms with Gasteiger partial charge in [-0.25, -0.2) is 0 Å². The zero-order valence-electron chi connectivity index (χ0n) is 20.4. The minimum Gasteiger partial charge on any atom is -0.497 e. The van der Waals surface area contributed by atoms with Gasteiger partial charge in [-0.05, 0) is 23.3 Å². The second-order valence-corrected chi connectivity index (χ2v) is 8.49. The van der Waals surface area contributed by atoms with Gasteiger partial charge in [0.1, 0.15) is 18.8 Å². The molecule has 6 heteroatoms. The molecular weight excluding hydrogens is 420 g/mol. The van der Waals surface area contributed by atoms with Gasteiger partial charge in [0.2, 0.25) is 0 Å². The fraction of sp³-hybridized carbons (Fsp3) is 0.519.